The Hall–Kier alpha value is -1.29. The Morgan fingerprint density at radius 2 is 2.20 bits per heavy atom. The van der Waals surface area contributed by atoms with Gasteiger partial charge in [-0.15, -0.1) is 0 Å². The second-order valence-electron chi connectivity index (χ2n) is 3.90. The number of carbonyl (C=O) groups excluding carboxylic acids is 1. The molecule has 0 aromatic carbocycles. The van der Waals surface area contributed by atoms with E-state index in [2.05, 4.69) is 0 Å². The summed E-state index contributed by atoms with van der Waals surface area (Å²) in [6.07, 6.45) is 0. The Bertz CT molecular complexity index is 367. The summed E-state index contributed by atoms with van der Waals surface area (Å²) in [7, 11) is 1.39. The Balaban J connectivity index is 3.17. The molecular formula is C11H18N2O2. The molecule has 1 atom stereocenters. The van der Waals surface area contributed by atoms with Gasteiger partial charge in [0.05, 0.1) is 7.11 Å². The average molecular weight is 210 g/mol. The molecule has 2 N–H and O–H groups in total. The third kappa shape index (κ3) is 2.39. The Kier molecular flexibility index (Phi) is 3.52. The second kappa shape index (κ2) is 4.49. The molecule has 0 aliphatic heterocycles. The van der Waals surface area contributed by atoms with Gasteiger partial charge in [0.25, 0.3) is 0 Å². The number of ether oxygens (including phenoxy) is 1. The Morgan fingerprint density at radius 3 is 2.67 bits per heavy atom. The molecule has 0 radical (unpaired) electrons. The van der Waals surface area contributed by atoms with Crippen molar-refractivity contribution < 1.29 is 9.53 Å². The number of aryl methyl sites for hydroxylation is 2. The zero-order valence-corrected chi connectivity index (χ0v) is 9.70. The highest BCUT2D eigenvalue weighted by molar-refractivity contribution is 5.89. The van der Waals surface area contributed by atoms with Gasteiger partial charge in [-0.3, -0.25) is 0 Å². The summed E-state index contributed by atoms with van der Waals surface area (Å²) in [5.41, 5.74) is 8.31. The topological polar surface area (TPSA) is 57.2 Å². The minimum absolute atomic E-state index is 0.0129. The lowest BCUT2D eigenvalue weighted by Gasteiger charge is -2.13. The van der Waals surface area contributed by atoms with E-state index in [1.807, 2.05) is 31.4 Å². The number of esters is 1. The van der Waals surface area contributed by atoms with Crippen LogP contribution in [0.3, 0.4) is 0 Å². The maximum Gasteiger partial charge on any atom is 0.354 e. The molecule has 0 bridgehead atoms. The van der Waals surface area contributed by atoms with Crippen molar-refractivity contribution >= 4 is 5.97 Å². The van der Waals surface area contributed by atoms with Gasteiger partial charge < -0.3 is 15.0 Å². The Labute approximate surface area is 90.0 Å². The van der Waals surface area contributed by atoms with Gasteiger partial charge in [0.1, 0.15) is 5.69 Å². The van der Waals surface area contributed by atoms with E-state index in [1.54, 1.807) is 0 Å². The monoisotopic (exact) mass is 210 g/mol. The zero-order chi connectivity index (χ0) is 11.6. The summed E-state index contributed by atoms with van der Waals surface area (Å²) in [6.45, 7) is 6.40. The number of nitrogens with zero attached hydrogens (tertiary/aromatic N) is 1. The lowest BCUT2D eigenvalue weighted by Crippen LogP contribution is -2.25. The van der Waals surface area contributed by atoms with Gasteiger partial charge in [0.2, 0.25) is 0 Å². The van der Waals surface area contributed by atoms with Crippen molar-refractivity contribution in [2.45, 2.75) is 33.4 Å². The highest BCUT2D eigenvalue weighted by Crippen LogP contribution is 2.16. The molecule has 4 nitrogen and oxygen atoms in total. The molecule has 0 amide bonds. The number of rotatable bonds is 3. The summed E-state index contributed by atoms with van der Waals surface area (Å²) in [4.78, 5) is 11.6. The van der Waals surface area contributed by atoms with Crippen molar-refractivity contribution in [2.24, 2.45) is 5.73 Å². The first kappa shape index (κ1) is 11.8. The third-order valence-corrected chi connectivity index (χ3v) is 2.34. The molecule has 0 aliphatic rings. The number of aromatic nitrogens is 1. The fourth-order valence-corrected chi connectivity index (χ4v) is 1.74. The molecule has 1 rings (SSSR count). The average Bonchev–Trinajstić information content (AvgIpc) is 2.40. The van der Waals surface area contributed by atoms with Crippen LogP contribution in [0.4, 0.5) is 0 Å². The van der Waals surface area contributed by atoms with Crippen LogP contribution in [0.1, 0.15) is 28.7 Å². The minimum Gasteiger partial charge on any atom is -0.464 e. The van der Waals surface area contributed by atoms with Crippen LogP contribution >= 0.6 is 0 Å². The van der Waals surface area contributed by atoms with Crippen LogP contribution in [0.2, 0.25) is 0 Å². The maximum atomic E-state index is 11.6. The molecule has 15 heavy (non-hydrogen) atoms. The van der Waals surface area contributed by atoms with E-state index in [1.165, 1.54) is 7.11 Å². The number of nitrogens with two attached hydrogens (primary N) is 1. The number of methoxy groups -OCH3 is 1. The predicted octanol–water partition coefficient (Wildman–Crippen LogP) is 1.24. The van der Waals surface area contributed by atoms with Gasteiger partial charge in [-0.2, -0.15) is 0 Å². The van der Waals surface area contributed by atoms with E-state index in [4.69, 9.17) is 10.5 Å². The lowest BCUT2D eigenvalue weighted by molar-refractivity contribution is 0.0587. The van der Waals surface area contributed by atoms with Gasteiger partial charge in [0.15, 0.2) is 0 Å². The van der Waals surface area contributed by atoms with Crippen molar-refractivity contribution in [3.63, 3.8) is 0 Å². The van der Waals surface area contributed by atoms with Crippen LogP contribution in [0, 0.1) is 13.8 Å². The van der Waals surface area contributed by atoms with Crippen LogP contribution in [-0.2, 0) is 11.3 Å². The van der Waals surface area contributed by atoms with Gasteiger partial charge >= 0.3 is 5.97 Å². The summed E-state index contributed by atoms with van der Waals surface area (Å²) >= 11 is 0. The van der Waals surface area contributed by atoms with Gasteiger partial charge in [-0.05, 0) is 32.4 Å². The fraction of sp³-hybridized carbons (Fsp3) is 0.545. The van der Waals surface area contributed by atoms with Crippen LogP contribution in [0.5, 0.6) is 0 Å². The van der Waals surface area contributed by atoms with Crippen molar-refractivity contribution in [1.29, 1.82) is 0 Å². The smallest absolute Gasteiger partial charge is 0.354 e. The first-order valence-corrected chi connectivity index (χ1v) is 4.98. The van der Waals surface area contributed by atoms with Gasteiger partial charge in [0, 0.05) is 18.3 Å². The quantitative estimate of drug-likeness (QED) is 0.764. The molecule has 1 unspecified atom stereocenters. The normalized spacial score (nSPS) is 12.6. The molecule has 0 fully saturated rings. The molecular weight excluding hydrogens is 192 g/mol. The molecule has 1 aromatic rings. The Morgan fingerprint density at radius 1 is 1.60 bits per heavy atom. The predicted molar refractivity (Wildman–Crippen MR) is 58.9 cm³/mol. The number of carbonyl (C=O) groups is 1. The molecule has 84 valence electrons. The van der Waals surface area contributed by atoms with Crippen LogP contribution in [0.15, 0.2) is 6.07 Å². The van der Waals surface area contributed by atoms with Crippen molar-refractivity contribution in [2.75, 3.05) is 7.11 Å². The maximum absolute atomic E-state index is 11.6. The van der Waals surface area contributed by atoms with E-state index in [9.17, 15) is 4.79 Å². The SMILES string of the molecule is COC(=O)c1c(C)cc(C)n1CC(C)N. The molecule has 0 saturated heterocycles. The van der Waals surface area contributed by atoms with E-state index in [-0.39, 0.29) is 12.0 Å². The van der Waals surface area contributed by atoms with E-state index < -0.39 is 0 Å². The van der Waals surface area contributed by atoms with Crippen molar-refractivity contribution in [3.05, 3.63) is 23.0 Å². The van der Waals surface area contributed by atoms with Gasteiger partial charge in [-0.25, -0.2) is 4.79 Å². The standard InChI is InChI=1S/C11H18N2O2/c1-7-5-9(3)13(6-8(2)12)10(7)11(14)15-4/h5,8H,6,12H2,1-4H3. The van der Waals surface area contributed by atoms with Crippen molar-refractivity contribution in [1.82, 2.24) is 4.57 Å². The molecule has 0 saturated carbocycles. The number of hydrogen-bond donors (Lipinski definition) is 1. The summed E-state index contributed by atoms with van der Waals surface area (Å²) in [5, 5.41) is 0. The summed E-state index contributed by atoms with van der Waals surface area (Å²) in [5.74, 6) is -0.304. The zero-order valence-electron chi connectivity index (χ0n) is 9.70. The highest BCUT2D eigenvalue weighted by atomic mass is 16.5. The van der Waals surface area contributed by atoms with Crippen LogP contribution < -0.4 is 5.73 Å². The van der Waals surface area contributed by atoms with Gasteiger partial charge in [-0.1, -0.05) is 0 Å². The molecule has 0 spiro atoms. The summed E-state index contributed by atoms with van der Waals surface area (Å²) < 4.78 is 6.66. The third-order valence-electron chi connectivity index (χ3n) is 2.34. The van der Waals surface area contributed by atoms with E-state index in [0.29, 0.717) is 12.2 Å². The first-order valence-electron chi connectivity index (χ1n) is 4.98. The number of hydrogen-bond acceptors (Lipinski definition) is 3. The van der Waals surface area contributed by atoms with E-state index in [0.717, 1.165) is 11.3 Å². The van der Waals surface area contributed by atoms with E-state index >= 15 is 0 Å². The first-order chi connectivity index (χ1) is 6.97. The summed E-state index contributed by atoms with van der Waals surface area (Å²) in [6, 6.07) is 1.98. The lowest BCUT2D eigenvalue weighted by atomic mass is 10.2. The fourth-order valence-electron chi connectivity index (χ4n) is 1.74. The second-order valence-corrected chi connectivity index (χ2v) is 3.90. The van der Waals surface area contributed by atoms with Crippen molar-refractivity contribution in [3.8, 4) is 0 Å². The minimum atomic E-state index is -0.304. The van der Waals surface area contributed by atoms with Crippen LogP contribution in [0.25, 0.3) is 0 Å². The molecule has 1 heterocycles. The molecule has 1 aromatic heterocycles. The highest BCUT2D eigenvalue weighted by Gasteiger charge is 2.18. The molecule has 4 heteroatoms. The molecule has 0 aliphatic carbocycles. The van der Waals surface area contributed by atoms with Crippen LogP contribution in [-0.4, -0.2) is 23.7 Å². The largest absolute Gasteiger partial charge is 0.464 e.